The van der Waals surface area contributed by atoms with Gasteiger partial charge in [0, 0.05) is 6.54 Å². The third-order valence-corrected chi connectivity index (χ3v) is 2.49. The largest absolute Gasteiger partial charge is 0.344 e. The first-order valence-electron chi connectivity index (χ1n) is 6.50. The van der Waals surface area contributed by atoms with Crippen LogP contribution in [0.4, 0.5) is 0 Å². The summed E-state index contributed by atoms with van der Waals surface area (Å²) < 4.78 is 0. The van der Waals surface area contributed by atoms with Crippen molar-refractivity contribution in [3.63, 3.8) is 0 Å². The van der Waals surface area contributed by atoms with E-state index in [1.165, 1.54) is 38.5 Å². The van der Waals surface area contributed by atoms with Gasteiger partial charge in [-0.15, -0.1) is 0 Å². The van der Waals surface area contributed by atoms with Crippen molar-refractivity contribution in [1.29, 1.82) is 0 Å². The predicted octanol–water partition coefficient (Wildman–Crippen LogP) is 2.66. The molecule has 0 rings (SSSR count). The average molecular weight is 247 g/mol. The molecule has 5 nitrogen and oxygen atoms in total. The van der Waals surface area contributed by atoms with Crippen LogP contribution in [0.25, 0.3) is 0 Å². The second-order valence-electron chi connectivity index (χ2n) is 4.08. The van der Waals surface area contributed by atoms with Crippen molar-refractivity contribution in [2.24, 2.45) is 0 Å². The number of hydrogen-bond donors (Lipinski definition) is 2. The molecule has 0 spiro atoms. The van der Waals surface area contributed by atoms with E-state index in [2.05, 4.69) is 17.3 Å². The van der Waals surface area contributed by atoms with Gasteiger partial charge in [-0.05, 0) is 6.42 Å². The molecule has 0 aliphatic rings. The van der Waals surface area contributed by atoms with E-state index in [0.717, 1.165) is 13.0 Å². The Hall–Kier alpha value is -0.650. The molecule has 0 aromatic heterocycles. The monoisotopic (exact) mass is 247 g/mol. The summed E-state index contributed by atoms with van der Waals surface area (Å²) in [6.07, 6.45) is 8.89. The van der Waals surface area contributed by atoms with Crippen molar-refractivity contribution in [3.05, 3.63) is 0 Å². The van der Waals surface area contributed by atoms with Gasteiger partial charge in [0.2, 0.25) is 0 Å². The van der Waals surface area contributed by atoms with Crippen molar-refractivity contribution < 1.29 is 19.8 Å². The fourth-order valence-electron chi connectivity index (χ4n) is 1.48. The maximum Gasteiger partial charge on any atom is 0.344 e. The van der Waals surface area contributed by atoms with E-state index in [1.807, 2.05) is 0 Å². The van der Waals surface area contributed by atoms with Crippen molar-refractivity contribution >= 4 is 5.97 Å². The van der Waals surface area contributed by atoms with Crippen LogP contribution in [0.1, 0.15) is 58.3 Å². The van der Waals surface area contributed by atoms with E-state index in [9.17, 15) is 4.79 Å². The normalized spacial score (nSPS) is 10.5. The van der Waals surface area contributed by atoms with Crippen LogP contribution in [0.2, 0.25) is 0 Å². The second kappa shape index (κ2) is 13.4. The van der Waals surface area contributed by atoms with Crippen LogP contribution in [0.5, 0.6) is 0 Å². The molecule has 0 atom stereocenters. The highest BCUT2D eigenvalue weighted by Crippen LogP contribution is 2.06. The van der Waals surface area contributed by atoms with Gasteiger partial charge in [-0.1, -0.05) is 45.4 Å². The molecular formula is C12H25NO4. The first-order chi connectivity index (χ1) is 8.31. The molecule has 0 aromatic carbocycles. The molecule has 0 bridgehead atoms. The molecule has 0 aliphatic carbocycles. The number of carbonyl (C=O) groups excluding carboxylic acids is 1. The molecule has 0 heterocycles. The summed E-state index contributed by atoms with van der Waals surface area (Å²) in [7, 11) is 0. The van der Waals surface area contributed by atoms with E-state index in [4.69, 9.17) is 10.1 Å². The number of rotatable bonds is 12. The van der Waals surface area contributed by atoms with Crippen LogP contribution in [0.3, 0.4) is 0 Å². The van der Waals surface area contributed by atoms with Crippen LogP contribution in [-0.4, -0.2) is 24.4 Å². The maximum absolute atomic E-state index is 10.5. The van der Waals surface area contributed by atoms with E-state index in [-0.39, 0.29) is 13.0 Å². The minimum atomic E-state index is -0.678. The number of hydrogen-bond acceptors (Lipinski definition) is 5. The number of hydroxylamine groups is 1. The molecule has 17 heavy (non-hydrogen) atoms. The van der Waals surface area contributed by atoms with Crippen molar-refractivity contribution in [3.8, 4) is 0 Å². The SMILES string of the molecule is CCCCCCCCCNOCCC(=O)OO. The third-order valence-electron chi connectivity index (χ3n) is 2.49. The van der Waals surface area contributed by atoms with E-state index < -0.39 is 5.97 Å². The molecule has 0 aromatic rings. The molecule has 0 amide bonds. The fourth-order valence-corrected chi connectivity index (χ4v) is 1.48. The van der Waals surface area contributed by atoms with Crippen LogP contribution >= 0.6 is 0 Å². The van der Waals surface area contributed by atoms with Crippen molar-refractivity contribution in [2.45, 2.75) is 58.3 Å². The van der Waals surface area contributed by atoms with Gasteiger partial charge in [0.1, 0.15) is 0 Å². The van der Waals surface area contributed by atoms with E-state index in [0.29, 0.717) is 0 Å². The maximum atomic E-state index is 10.5. The zero-order valence-corrected chi connectivity index (χ0v) is 10.7. The Morgan fingerprint density at radius 2 is 1.76 bits per heavy atom. The van der Waals surface area contributed by atoms with Gasteiger partial charge in [0.15, 0.2) is 0 Å². The van der Waals surface area contributed by atoms with Crippen LogP contribution in [0, 0.1) is 0 Å². The highest BCUT2D eigenvalue weighted by Gasteiger charge is 2.00. The molecule has 0 saturated heterocycles. The topological polar surface area (TPSA) is 67.8 Å². The molecule has 5 heteroatoms. The minimum Gasteiger partial charge on any atom is -0.301 e. The summed E-state index contributed by atoms with van der Waals surface area (Å²) in [6, 6.07) is 0. The zero-order chi connectivity index (χ0) is 12.8. The predicted molar refractivity (Wildman–Crippen MR) is 65.3 cm³/mol. The summed E-state index contributed by atoms with van der Waals surface area (Å²) in [5.41, 5.74) is 2.78. The van der Waals surface area contributed by atoms with Gasteiger partial charge in [-0.2, -0.15) is 5.26 Å². The zero-order valence-electron chi connectivity index (χ0n) is 10.7. The summed E-state index contributed by atoms with van der Waals surface area (Å²) in [5.74, 6) is -0.678. The second-order valence-corrected chi connectivity index (χ2v) is 4.08. The highest BCUT2D eigenvalue weighted by molar-refractivity contribution is 5.68. The molecule has 0 radical (unpaired) electrons. The van der Waals surface area contributed by atoms with Gasteiger partial charge in [0.25, 0.3) is 0 Å². The summed E-state index contributed by atoms with van der Waals surface area (Å²) in [4.78, 5) is 19.0. The van der Waals surface area contributed by atoms with Gasteiger partial charge in [-0.25, -0.2) is 10.3 Å². The first-order valence-corrected chi connectivity index (χ1v) is 6.50. The van der Waals surface area contributed by atoms with Crippen molar-refractivity contribution in [1.82, 2.24) is 5.48 Å². The molecule has 102 valence electrons. The Bertz CT molecular complexity index is 176. The molecule has 0 unspecified atom stereocenters. The molecular weight excluding hydrogens is 222 g/mol. The Morgan fingerprint density at radius 1 is 1.12 bits per heavy atom. The Labute approximate surface area is 103 Å². The van der Waals surface area contributed by atoms with Crippen LogP contribution in [-0.2, 0) is 14.5 Å². The Kier molecular flexibility index (Phi) is 12.9. The summed E-state index contributed by atoms with van der Waals surface area (Å²) in [6.45, 7) is 3.23. The summed E-state index contributed by atoms with van der Waals surface area (Å²) >= 11 is 0. The van der Waals surface area contributed by atoms with Gasteiger partial charge in [-0.3, -0.25) is 0 Å². The molecule has 0 saturated carbocycles. The summed E-state index contributed by atoms with van der Waals surface area (Å²) in [5, 5.41) is 7.97. The lowest BCUT2D eigenvalue weighted by atomic mass is 10.1. The van der Waals surface area contributed by atoms with Crippen LogP contribution < -0.4 is 5.48 Å². The number of unbranched alkanes of at least 4 members (excludes halogenated alkanes) is 6. The number of carbonyl (C=O) groups is 1. The lowest BCUT2D eigenvalue weighted by Crippen LogP contribution is -2.18. The third kappa shape index (κ3) is 13.3. The van der Waals surface area contributed by atoms with E-state index in [1.54, 1.807) is 0 Å². The van der Waals surface area contributed by atoms with Crippen LogP contribution in [0.15, 0.2) is 0 Å². The smallest absolute Gasteiger partial charge is 0.301 e. The number of nitrogens with one attached hydrogen (secondary N) is 1. The van der Waals surface area contributed by atoms with Gasteiger partial charge >= 0.3 is 5.97 Å². The van der Waals surface area contributed by atoms with Gasteiger partial charge < -0.3 is 9.73 Å². The first kappa shape index (κ1) is 16.4. The fraction of sp³-hybridized carbons (Fsp3) is 0.917. The average Bonchev–Trinajstić information content (AvgIpc) is 2.35. The minimum absolute atomic E-state index is 0.0561. The molecule has 2 N–H and O–H groups in total. The van der Waals surface area contributed by atoms with E-state index >= 15 is 0 Å². The van der Waals surface area contributed by atoms with Crippen molar-refractivity contribution in [2.75, 3.05) is 13.2 Å². The lowest BCUT2D eigenvalue weighted by Gasteiger charge is -2.04. The lowest BCUT2D eigenvalue weighted by molar-refractivity contribution is -0.235. The molecule has 0 fully saturated rings. The Morgan fingerprint density at radius 3 is 2.41 bits per heavy atom. The van der Waals surface area contributed by atoms with Gasteiger partial charge in [0.05, 0.1) is 13.0 Å². The standard InChI is InChI=1S/C12H25NO4/c1-2-3-4-5-6-7-8-10-13-16-11-9-12(14)17-15/h13,15H,2-11H2,1H3. The Balaban J connectivity index is 2.96. The molecule has 0 aliphatic heterocycles. The highest BCUT2D eigenvalue weighted by atomic mass is 17.1. The quantitative estimate of drug-likeness (QED) is 0.315.